The third-order valence-corrected chi connectivity index (χ3v) is 11.7. The summed E-state index contributed by atoms with van der Waals surface area (Å²) in [6.45, 7) is 6.94. The van der Waals surface area contributed by atoms with Crippen LogP contribution < -0.4 is 4.90 Å². The van der Waals surface area contributed by atoms with Gasteiger partial charge in [-0.05, 0) is 101 Å². The summed E-state index contributed by atoms with van der Waals surface area (Å²) in [7, 11) is -6.55. The summed E-state index contributed by atoms with van der Waals surface area (Å²) < 4.78 is 55.5. The van der Waals surface area contributed by atoms with Gasteiger partial charge in [-0.3, -0.25) is 4.79 Å². The third kappa shape index (κ3) is 9.84. The van der Waals surface area contributed by atoms with Crippen molar-refractivity contribution in [3.05, 3.63) is 60.2 Å². The standard InChI is InChI=1S/C32H47N3O6S2/c1-3-41-24-25-43(39,40)31-12-10-27(11-13-31)26-28-14-20-33(21-15-28)18-7-19-35(30-8-5-4-6-9-30)32(36)29-16-22-34(23-17-29)42(2,37)38/h4-6,8-13,28-29H,3,7,14-26H2,1-2H3. The number of carbonyl (C=O) groups is 1. The second-order valence-corrected chi connectivity index (χ2v) is 15.9. The molecule has 0 spiro atoms. The van der Waals surface area contributed by atoms with Crippen molar-refractivity contribution in [1.82, 2.24) is 9.21 Å². The van der Waals surface area contributed by atoms with Crippen molar-refractivity contribution in [1.29, 1.82) is 0 Å². The summed E-state index contributed by atoms with van der Waals surface area (Å²) in [6, 6.07) is 17.1. The first-order chi connectivity index (χ1) is 20.6. The average Bonchev–Trinajstić information content (AvgIpc) is 3.00. The van der Waals surface area contributed by atoms with Crippen LogP contribution in [0.4, 0.5) is 5.69 Å². The van der Waals surface area contributed by atoms with Crippen LogP contribution in [0.1, 0.15) is 44.6 Å². The lowest BCUT2D eigenvalue weighted by molar-refractivity contribution is -0.123. The van der Waals surface area contributed by atoms with Crippen molar-refractivity contribution in [3.63, 3.8) is 0 Å². The minimum absolute atomic E-state index is 0.000615. The minimum Gasteiger partial charge on any atom is -0.381 e. The number of hydrogen-bond acceptors (Lipinski definition) is 7. The number of hydrogen-bond donors (Lipinski definition) is 0. The molecule has 0 bridgehead atoms. The maximum atomic E-state index is 13.6. The molecule has 0 N–H and O–H groups in total. The molecule has 2 aromatic rings. The van der Waals surface area contributed by atoms with Crippen molar-refractivity contribution in [3.8, 4) is 0 Å². The van der Waals surface area contributed by atoms with Gasteiger partial charge in [-0.15, -0.1) is 0 Å². The fraction of sp³-hybridized carbons (Fsp3) is 0.594. The molecule has 0 radical (unpaired) electrons. The van der Waals surface area contributed by atoms with Crippen LogP contribution in [0.25, 0.3) is 0 Å². The van der Waals surface area contributed by atoms with Crippen LogP contribution in [0.2, 0.25) is 0 Å². The molecule has 0 saturated carbocycles. The number of para-hydroxylation sites is 1. The fourth-order valence-electron chi connectivity index (χ4n) is 6.09. The van der Waals surface area contributed by atoms with Crippen molar-refractivity contribution >= 4 is 31.5 Å². The van der Waals surface area contributed by atoms with Crippen LogP contribution in [-0.2, 0) is 35.8 Å². The van der Waals surface area contributed by atoms with Gasteiger partial charge in [0, 0.05) is 37.8 Å². The van der Waals surface area contributed by atoms with E-state index in [4.69, 9.17) is 4.74 Å². The van der Waals surface area contributed by atoms with E-state index in [2.05, 4.69) is 4.90 Å². The van der Waals surface area contributed by atoms with Crippen molar-refractivity contribution in [2.75, 3.05) is 69.4 Å². The number of sulfonamides is 1. The number of anilines is 1. The Hall–Kier alpha value is -2.31. The van der Waals surface area contributed by atoms with Gasteiger partial charge in [0.1, 0.15) is 0 Å². The number of rotatable bonds is 14. The highest BCUT2D eigenvalue weighted by Crippen LogP contribution is 2.26. The van der Waals surface area contributed by atoms with Gasteiger partial charge < -0.3 is 14.5 Å². The van der Waals surface area contributed by atoms with Crippen LogP contribution in [0.3, 0.4) is 0 Å². The van der Waals surface area contributed by atoms with Crippen LogP contribution >= 0.6 is 0 Å². The Morgan fingerprint density at radius 3 is 2.16 bits per heavy atom. The van der Waals surface area contributed by atoms with Crippen molar-refractivity contribution in [2.45, 2.75) is 50.3 Å². The van der Waals surface area contributed by atoms with Gasteiger partial charge in [0.15, 0.2) is 9.84 Å². The Labute approximate surface area is 258 Å². The summed E-state index contributed by atoms with van der Waals surface area (Å²) in [4.78, 5) is 18.3. The summed E-state index contributed by atoms with van der Waals surface area (Å²) in [5, 5.41) is 0. The first-order valence-corrected chi connectivity index (χ1v) is 19.0. The SMILES string of the molecule is CCOCCS(=O)(=O)c1ccc(CC2CCN(CCCN(C(=O)C3CCN(S(C)(=O)=O)CC3)c3ccccc3)CC2)cc1. The maximum Gasteiger partial charge on any atom is 0.230 e. The van der Waals surface area contributed by atoms with Gasteiger partial charge in [-0.25, -0.2) is 21.1 Å². The van der Waals surface area contributed by atoms with E-state index in [1.165, 1.54) is 16.1 Å². The van der Waals surface area contributed by atoms with E-state index in [0.29, 0.717) is 49.9 Å². The van der Waals surface area contributed by atoms with E-state index in [1.54, 1.807) is 12.1 Å². The maximum absolute atomic E-state index is 13.6. The highest BCUT2D eigenvalue weighted by Gasteiger charge is 2.32. The van der Waals surface area contributed by atoms with Gasteiger partial charge in [-0.1, -0.05) is 30.3 Å². The van der Waals surface area contributed by atoms with E-state index in [-0.39, 0.29) is 24.2 Å². The zero-order valence-corrected chi connectivity index (χ0v) is 27.2. The van der Waals surface area contributed by atoms with Gasteiger partial charge in [0.25, 0.3) is 0 Å². The second-order valence-electron chi connectivity index (χ2n) is 11.8. The Balaban J connectivity index is 1.23. The quantitative estimate of drug-likeness (QED) is 0.291. The van der Waals surface area contributed by atoms with Crippen LogP contribution in [0, 0.1) is 11.8 Å². The van der Waals surface area contributed by atoms with E-state index >= 15 is 0 Å². The lowest BCUT2D eigenvalue weighted by atomic mass is 9.90. The molecule has 4 rings (SSSR count). The molecule has 43 heavy (non-hydrogen) atoms. The number of nitrogens with zero attached hydrogens (tertiary/aromatic N) is 3. The molecule has 2 saturated heterocycles. The van der Waals surface area contributed by atoms with E-state index in [9.17, 15) is 21.6 Å². The Morgan fingerprint density at radius 1 is 0.907 bits per heavy atom. The molecular formula is C32H47N3O6S2. The largest absolute Gasteiger partial charge is 0.381 e. The zero-order chi connectivity index (χ0) is 30.9. The smallest absolute Gasteiger partial charge is 0.230 e. The molecule has 0 atom stereocenters. The Bertz CT molecular complexity index is 1370. The normalized spacial score (nSPS) is 18.1. The van der Waals surface area contributed by atoms with Crippen LogP contribution in [0.5, 0.6) is 0 Å². The molecule has 1 amide bonds. The monoisotopic (exact) mass is 633 g/mol. The van der Waals surface area contributed by atoms with E-state index < -0.39 is 19.9 Å². The molecule has 238 valence electrons. The van der Waals surface area contributed by atoms with Crippen LogP contribution in [0.15, 0.2) is 59.5 Å². The highest BCUT2D eigenvalue weighted by molar-refractivity contribution is 7.91. The van der Waals surface area contributed by atoms with Gasteiger partial charge in [0.05, 0.1) is 23.5 Å². The second kappa shape index (κ2) is 15.6. The Kier molecular flexibility index (Phi) is 12.2. The zero-order valence-electron chi connectivity index (χ0n) is 25.6. The first-order valence-electron chi connectivity index (χ1n) is 15.5. The van der Waals surface area contributed by atoms with E-state index in [0.717, 1.165) is 51.0 Å². The molecule has 2 heterocycles. The molecule has 2 aliphatic rings. The molecule has 9 nitrogen and oxygen atoms in total. The summed E-state index contributed by atoms with van der Waals surface area (Å²) >= 11 is 0. The Morgan fingerprint density at radius 2 is 1.56 bits per heavy atom. The lowest BCUT2D eigenvalue weighted by Gasteiger charge is -2.34. The average molecular weight is 634 g/mol. The molecule has 0 aromatic heterocycles. The molecule has 11 heteroatoms. The summed E-state index contributed by atoms with van der Waals surface area (Å²) in [5.74, 6) is 0.488. The highest BCUT2D eigenvalue weighted by atomic mass is 32.2. The first kappa shape index (κ1) is 33.6. The van der Waals surface area contributed by atoms with Gasteiger partial charge in [-0.2, -0.15) is 0 Å². The number of piperidine rings is 2. The number of benzene rings is 2. The fourth-order valence-corrected chi connectivity index (χ4v) is 8.09. The molecular weight excluding hydrogens is 587 g/mol. The van der Waals surface area contributed by atoms with Gasteiger partial charge in [0.2, 0.25) is 15.9 Å². The molecule has 0 unspecified atom stereocenters. The number of likely N-dealkylation sites (tertiary alicyclic amines) is 1. The van der Waals surface area contributed by atoms with Gasteiger partial charge >= 0.3 is 0 Å². The molecule has 2 fully saturated rings. The lowest BCUT2D eigenvalue weighted by Crippen LogP contribution is -2.45. The van der Waals surface area contributed by atoms with E-state index in [1.807, 2.05) is 54.3 Å². The summed E-state index contributed by atoms with van der Waals surface area (Å²) in [5.41, 5.74) is 2.06. The minimum atomic E-state index is -3.32. The predicted octanol–water partition coefficient (Wildman–Crippen LogP) is 3.85. The predicted molar refractivity (Wildman–Crippen MR) is 170 cm³/mol. The topological polar surface area (TPSA) is 104 Å². The number of amides is 1. The molecule has 2 aliphatic heterocycles. The van der Waals surface area contributed by atoms with Crippen molar-refractivity contribution < 1.29 is 26.4 Å². The molecule has 2 aromatic carbocycles. The number of sulfone groups is 1. The number of ether oxygens (including phenoxy) is 1. The molecule has 0 aliphatic carbocycles. The van der Waals surface area contributed by atoms with Crippen molar-refractivity contribution in [2.24, 2.45) is 11.8 Å². The number of carbonyl (C=O) groups excluding carboxylic acids is 1. The summed E-state index contributed by atoms with van der Waals surface area (Å²) in [6.07, 6.45) is 6.33. The van der Waals surface area contributed by atoms with Crippen LogP contribution in [-0.4, -0.2) is 96.4 Å². The third-order valence-electron chi connectivity index (χ3n) is 8.68.